The van der Waals surface area contributed by atoms with Crippen molar-refractivity contribution in [2.45, 2.75) is 51.3 Å². The first-order valence-corrected chi connectivity index (χ1v) is 9.33. The molecule has 0 aromatic carbocycles. The highest BCUT2D eigenvalue weighted by molar-refractivity contribution is 7.99. The quantitative estimate of drug-likeness (QED) is 0.830. The number of hydrogen-bond acceptors (Lipinski definition) is 6. The van der Waals surface area contributed by atoms with Gasteiger partial charge in [0, 0.05) is 6.04 Å². The number of nitrogens with zero attached hydrogens (tertiary/aromatic N) is 2. The molecule has 0 bridgehead atoms. The molecule has 1 aliphatic rings. The van der Waals surface area contributed by atoms with E-state index >= 15 is 0 Å². The van der Waals surface area contributed by atoms with E-state index in [4.69, 9.17) is 8.83 Å². The second-order valence-corrected chi connectivity index (χ2v) is 7.42. The minimum atomic E-state index is 0.0187. The fraction of sp³-hybridized carbons (Fsp3) is 0.588. The number of nitrogens with one attached hydrogen (secondary N) is 1. The molecule has 0 saturated heterocycles. The molecule has 3 atom stereocenters. The van der Waals surface area contributed by atoms with E-state index in [9.17, 15) is 4.79 Å². The van der Waals surface area contributed by atoms with Gasteiger partial charge in [0.2, 0.25) is 5.91 Å². The van der Waals surface area contributed by atoms with Gasteiger partial charge in [0.1, 0.15) is 5.76 Å². The second-order valence-electron chi connectivity index (χ2n) is 6.49. The smallest absolute Gasteiger partial charge is 0.277 e. The molecule has 0 radical (unpaired) electrons. The minimum Gasteiger partial charge on any atom is -0.469 e. The predicted octanol–water partition coefficient (Wildman–Crippen LogP) is 3.67. The molecule has 24 heavy (non-hydrogen) atoms. The molecule has 3 rings (SSSR count). The summed E-state index contributed by atoms with van der Waals surface area (Å²) in [4.78, 5) is 12.2. The SMILES string of the molecule is Cc1occc1-c1nnc(SCC(=O)N[C@H]2CCC[C@@H](C)[C@H]2C)o1. The number of hydrogen-bond donors (Lipinski definition) is 1. The monoisotopic (exact) mass is 349 g/mol. The number of rotatable bonds is 5. The lowest BCUT2D eigenvalue weighted by molar-refractivity contribution is -0.120. The van der Waals surface area contributed by atoms with Gasteiger partial charge in [0.15, 0.2) is 0 Å². The van der Waals surface area contributed by atoms with Crippen molar-refractivity contribution < 1.29 is 13.6 Å². The van der Waals surface area contributed by atoms with Crippen LogP contribution in [-0.4, -0.2) is 27.9 Å². The molecule has 1 saturated carbocycles. The molecule has 0 spiro atoms. The van der Waals surface area contributed by atoms with Crippen LogP contribution in [0.5, 0.6) is 0 Å². The Labute approximate surface area is 145 Å². The zero-order valence-electron chi connectivity index (χ0n) is 14.2. The molecule has 1 N–H and O–H groups in total. The van der Waals surface area contributed by atoms with Crippen LogP contribution in [0.2, 0.25) is 0 Å². The third-order valence-electron chi connectivity index (χ3n) is 4.88. The Morgan fingerprint density at radius 2 is 2.21 bits per heavy atom. The molecule has 0 aliphatic heterocycles. The largest absolute Gasteiger partial charge is 0.469 e. The molecule has 1 aliphatic carbocycles. The summed E-state index contributed by atoms with van der Waals surface area (Å²) >= 11 is 1.26. The van der Waals surface area contributed by atoms with E-state index < -0.39 is 0 Å². The maximum Gasteiger partial charge on any atom is 0.277 e. The summed E-state index contributed by atoms with van der Waals surface area (Å²) in [6, 6.07) is 2.06. The van der Waals surface area contributed by atoms with Crippen LogP contribution < -0.4 is 5.32 Å². The molecule has 130 valence electrons. The number of amides is 1. The summed E-state index contributed by atoms with van der Waals surface area (Å²) in [5.41, 5.74) is 0.781. The average Bonchev–Trinajstić information content (AvgIpc) is 3.18. The zero-order chi connectivity index (χ0) is 17.1. The summed E-state index contributed by atoms with van der Waals surface area (Å²) in [5.74, 6) is 2.63. The van der Waals surface area contributed by atoms with E-state index in [1.54, 1.807) is 12.3 Å². The number of carbonyl (C=O) groups excluding carboxylic acids is 1. The average molecular weight is 349 g/mol. The summed E-state index contributed by atoms with van der Waals surface area (Å²) in [5, 5.41) is 11.5. The highest BCUT2D eigenvalue weighted by Gasteiger charge is 2.28. The van der Waals surface area contributed by atoms with Gasteiger partial charge in [-0.15, -0.1) is 10.2 Å². The lowest BCUT2D eigenvalue weighted by Crippen LogP contribution is -2.44. The predicted molar refractivity (Wildman–Crippen MR) is 91.6 cm³/mol. The highest BCUT2D eigenvalue weighted by atomic mass is 32.2. The maximum absolute atomic E-state index is 12.2. The molecule has 0 unspecified atom stereocenters. The number of aryl methyl sites for hydroxylation is 1. The lowest BCUT2D eigenvalue weighted by Gasteiger charge is -2.34. The van der Waals surface area contributed by atoms with Crippen LogP contribution in [-0.2, 0) is 4.79 Å². The molecule has 2 aromatic heterocycles. The van der Waals surface area contributed by atoms with Crippen molar-refractivity contribution in [1.29, 1.82) is 0 Å². The zero-order valence-corrected chi connectivity index (χ0v) is 15.1. The molecule has 2 heterocycles. The van der Waals surface area contributed by atoms with Gasteiger partial charge < -0.3 is 14.2 Å². The topological polar surface area (TPSA) is 81.2 Å². The van der Waals surface area contributed by atoms with Crippen LogP contribution in [0.25, 0.3) is 11.5 Å². The van der Waals surface area contributed by atoms with E-state index in [1.807, 2.05) is 6.92 Å². The van der Waals surface area contributed by atoms with Crippen LogP contribution in [0.3, 0.4) is 0 Å². The third kappa shape index (κ3) is 3.83. The van der Waals surface area contributed by atoms with Crippen molar-refractivity contribution in [1.82, 2.24) is 15.5 Å². The van der Waals surface area contributed by atoms with E-state index in [-0.39, 0.29) is 17.7 Å². The maximum atomic E-state index is 12.2. The number of aromatic nitrogens is 2. The van der Waals surface area contributed by atoms with Crippen molar-refractivity contribution in [3.8, 4) is 11.5 Å². The molecule has 2 aromatic rings. The Kier molecular flexibility index (Phi) is 5.28. The van der Waals surface area contributed by atoms with Crippen LogP contribution in [0.1, 0.15) is 38.9 Å². The normalized spacial score (nSPS) is 24.0. The van der Waals surface area contributed by atoms with Gasteiger partial charge in [-0.2, -0.15) is 0 Å². The Morgan fingerprint density at radius 3 is 2.96 bits per heavy atom. The van der Waals surface area contributed by atoms with Gasteiger partial charge in [-0.3, -0.25) is 4.79 Å². The highest BCUT2D eigenvalue weighted by Crippen LogP contribution is 2.30. The van der Waals surface area contributed by atoms with E-state index in [0.29, 0.717) is 22.9 Å². The van der Waals surface area contributed by atoms with E-state index in [1.165, 1.54) is 24.6 Å². The van der Waals surface area contributed by atoms with Gasteiger partial charge in [-0.25, -0.2) is 0 Å². The molecular weight excluding hydrogens is 326 g/mol. The minimum absolute atomic E-state index is 0.0187. The van der Waals surface area contributed by atoms with Crippen molar-refractivity contribution >= 4 is 17.7 Å². The van der Waals surface area contributed by atoms with E-state index in [2.05, 4.69) is 29.4 Å². The van der Waals surface area contributed by atoms with Gasteiger partial charge in [0.05, 0.1) is 17.6 Å². The molecular formula is C17H23N3O3S. The van der Waals surface area contributed by atoms with E-state index in [0.717, 1.165) is 17.7 Å². The molecule has 1 amide bonds. The molecule has 1 fully saturated rings. The summed E-state index contributed by atoms with van der Waals surface area (Å²) in [6.07, 6.45) is 5.08. The Morgan fingerprint density at radius 1 is 1.38 bits per heavy atom. The van der Waals surface area contributed by atoms with Crippen LogP contribution >= 0.6 is 11.8 Å². The standard InChI is InChI=1S/C17H23N3O3S/c1-10-5-4-6-14(11(10)2)18-15(21)9-24-17-20-19-16(23-17)13-7-8-22-12(13)3/h7-8,10-11,14H,4-6,9H2,1-3H3,(H,18,21)/t10-,11-,14+/m1/s1. The first kappa shape index (κ1) is 17.1. The fourth-order valence-electron chi connectivity index (χ4n) is 3.15. The Bertz CT molecular complexity index is 697. The molecule has 6 nitrogen and oxygen atoms in total. The van der Waals surface area contributed by atoms with Crippen LogP contribution in [0, 0.1) is 18.8 Å². The summed E-state index contributed by atoms with van der Waals surface area (Å²) < 4.78 is 10.8. The van der Waals surface area contributed by atoms with Crippen LogP contribution in [0.15, 0.2) is 26.4 Å². The first-order valence-electron chi connectivity index (χ1n) is 8.34. The number of furan rings is 1. The van der Waals surface area contributed by atoms with Crippen LogP contribution in [0.4, 0.5) is 0 Å². The number of carbonyl (C=O) groups is 1. The Balaban J connectivity index is 1.52. The lowest BCUT2D eigenvalue weighted by atomic mass is 9.78. The van der Waals surface area contributed by atoms with Gasteiger partial charge >= 0.3 is 0 Å². The molecule has 7 heteroatoms. The third-order valence-corrected chi connectivity index (χ3v) is 5.69. The van der Waals surface area contributed by atoms with Gasteiger partial charge in [-0.1, -0.05) is 38.5 Å². The van der Waals surface area contributed by atoms with Crippen molar-refractivity contribution in [3.05, 3.63) is 18.1 Å². The van der Waals surface area contributed by atoms with Gasteiger partial charge in [-0.05, 0) is 31.2 Å². The van der Waals surface area contributed by atoms with Crippen molar-refractivity contribution in [2.75, 3.05) is 5.75 Å². The second kappa shape index (κ2) is 7.42. The van der Waals surface area contributed by atoms with Gasteiger partial charge in [0.25, 0.3) is 11.1 Å². The Hall–Kier alpha value is -1.76. The number of thioether (sulfide) groups is 1. The van der Waals surface area contributed by atoms with Crippen molar-refractivity contribution in [2.24, 2.45) is 11.8 Å². The fourth-order valence-corrected chi connectivity index (χ4v) is 3.72. The summed E-state index contributed by atoms with van der Waals surface area (Å²) in [6.45, 7) is 6.32. The summed E-state index contributed by atoms with van der Waals surface area (Å²) in [7, 11) is 0. The van der Waals surface area contributed by atoms with Crippen molar-refractivity contribution in [3.63, 3.8) is 0 Å². The first-order chi connectivity index (χ1) is 11.5.